The molecule has 0 bridgehead atoms. The SMILES string of the molecule is C#CCCC(C)(O)C(OC)OC. The van der Waals surface area contributed by atoms with Gasteiger partial charge in [-0.05, 0) is 13.3 Å². The topological polar surface area (TPSA) is 38.7 Å². The summed E-state index contributed by atoms with van der Waals surface area (Å²) < 4.78 is 9.84. The van der Waals surface area contributed by atoms with Crippen LogP contribution in [0.4, 0.5) is 0 Å². The van der Waals surface area contributed by atoms with Gasteiger partial charge in [0, 0.05) is 20.6 Å². The van der Waals surface area contributed by atoms with Gasteiger partial charge in [-0.2, -0.15) is 0 Å². The molecule has 0 saturated carbocycles. The summed E-state index contributed by atoms with van der Waals surface area (Å²) in [6, 6.07) is 0. The maximum absolute atomic E-state index is 9.76. The Morgan fingerprint density at radius 3 is 2.33 bits per heavy atom. The standard InChI is InChI=1S/C9H16O3/c1-5-6-7-9(2,10)8(11-3)12-4/h1,8,10H,6-7H2,2-4H3. The normalized spacial score (nSPS) is 15.7. The average Bonchev–Trinajstić information content (AvgIpc) is 2.03. The second-order valence-electron chi connectivity index (χ2n) is 2.86. The summed E-state index contributed by atoms with van der Waals surface area (Å²) in [4.78, 5) is 0. The molecule has 0 aromatic rings. The molecule has 0 heterocycles. The third-order valence-electron chi connectivity index (χ3n) is 1.71. The summed E-state index contributed by atoms with van der Waals surface area (Å²) in [5.41, 5.74) is -1.02. The second kappa shape index (κ2) is 5.15. The molecule has 0 spiro atoms. The monoisotopic (exact) mass is 172 g/mol. The summed E-state index contributed by atoms with van der Waals surface area (Å²) in [5.74, 6) is 2.46. The minimum atomic E-state index is -1.02. The molecule has 0 amide bonds. The zero-order valence-corrected chi connectivity index (χ0v) is 7.83. The molecule has 70 valence electrons. The Balaban J connectivity index is 4.07. The van der Waals surface area contributed by atoms with Gasteiger partial charge in [-0.3, -0.25) is 0 Å². The highest BCUT2D eigenvalue weighted by Gasteiger charge is 2.31. The Hall–Kier alpha value is -0.560. The van der Waals surface area contributed by atoms with Crippen LogP contribution in [0.15, 0.2) is 0 Å². The quantitative estimate of drug-likeness (QED) is 0.491. The molecular weight excluding hydrogens is 156 g/mol. The Morgan fingerprint density at radius 2 is 2.00 bits per heavy atom. The van der Waals surface area contributed by atoms with E-state index >= 15 is 0 Å². The molecule has 0 radical (unpaired) electrons. The van der Waals surface area contributed by atoms with Crippen molar-refractivity contribution in [2.24, 2.45) is 0 Å². The first-order valence-electron chi connectivity index (χ1n) is 3.80. The van der Waals surface area contributed by atoms with Crippen molar-refractivity contribution in [3.63, 3.8) is 0 Å². The zero-order valence-electron chi connectivity index (χ0n) is 7.83. The molecule has 0 fully saturated rings. The fourth-order valence-electron chi connectivity index (χ4n) is 1.05. The van der Waals surface area contributed by atoms with E-state index in [-0.39, 0.29) is 0 Å². The molecule has 0 aliphatic rings. The lowest BCUT2D eigenvalue weighted by Crippen LogP contribution is -2.41. The highest BCUT2D eigenvalue weighted by molar-refractivity contribution is 4.88. The van der Waals surface area contributed by atoms with E-state index in [1.54, 1.807) is 6.92 Å². The Kier molecular flexibility index (Phi) is 4.91. The number of hydrogen-bond acceptors (Lipinski definition) is 3. The van der Waals surface area contributed by atoms with Crippen LogP contribution < -0.4 is 0 Å². The summed E-state index contributed by atoms with van der Waals surface area (Å²) >= 11 is 0. The van der Waals surface area contributed by atoms with Crippen LogP contribution in [0.3, 0.4) is 0 Å². The van der Waals surface area contributed by atoms with Crippen LogP contribution in [0.2, 0.25) is 0 Å². The maximum Gasteiger partial charge on any atom is 0.185 e. The van der Waals surface area contributed by atoms with Gasteiger partial charge in [0.2, 0.25) is 0 Å². The predicted octanol–water partition coefficient (Wildman–Crippen LogP) is 0.770. The fraction of sp³-hybridized carbons (Fsp3) is 0.778. The molecule has 0 aromatic heterocycles. The maximum atomic E-state index is 9.76. The number of rotatable bonds is 5. The first kappa shape index (κ1) is 11.4. The second-order valence-corrected chi connectivity index (χ2v) is 2.86. The molecule has 0 aliphatic heterocycles. The Morgan fingerprint density at radius 1 is 1.50 bits per heavy atom. The van der Waals surface area contributed by atoms with Crippen molar-refractivity contribution in [3.05, 3.63) is 0 Å². The van der Waals surface area contributed by atoms with Gasteiger partial charge in [0.25, 0.3) is 0 Å². The first-order valence-corrected chi connectivity index (χ1v) is 3.80. The van der Waals surface area contributed by atoms with Crippen molar-refractivity contribution in [2.75, 3.05) is 14.2 Å². The fourth-order valence-corrected chi connectivity index (χ4v) is 1.05. The number of ether oxygens (including phenoxy) is 2. The molecule has 1 atom stereocenters. The van der Waals surface area contributed by atoms with Crippen LogP contribution in [-0.2, 0) is 9.47 Å². The Labute approximate surface area is 73.7 Å². The molecular formula is C9H16O3. The van der Waals surface area contributed by atoms with E-state index in [1.807, 2.05) is 0 Å². The van der Waals surface area contributed by atoms with Crippen LogP contribution in [0.25, 0.3) is 0 Å². The summed E-state index contributed by atoms with van der Waals surface area (Å²) in [7, 11) is 2.97. The van der Waals surface area contributed by atoms with Crippen molar-refractivity contribution < 1.29 is 14.6 Å². The highest BCUT2D eigenvalue weighted by atomic mass is 16.7. The van der Waals surface area contributed by atoms with E-state index in [1.165, 1.54) is 14.2 Å². The molecule has 1 unspecified atom stereocenters. The molecule has 0 rings (SSSR count). The van der Waals surface area contributed by atoms with Crippen LogP contribution >= 0.6 is 0 Å². The average molecular weight is 172 g/mol. The van der Waals surface area contributed by atoms with E-state index in [4.69, 9.17) is 15.9 Å². The van der Waals surface area contributed by atoms with E-state index in [2.05, 4.69) is 5.92 Å². The summed E-state index contributed by atoms with van der Waals surface area (Å²) in [5, 5.41) is 9.76. The lowest BCUT2D eigenvalue weighted by Gasteiger charge is -2.29. The van der Waals surface area contributed by atoms with E-state index in [9.17, 15) is 5.11 Å². The number of terminal acetylenes is 1. The van der Waals surface area contributed by atoms with E-state index < -0.39 is 11.9 Å². The third kappa shape index (κ3) is 3.22. The number of aliphatic hydroxyl groups is 1. The lowest BCUT2D eigenvalue weighted by molar-refractivity contribution is -0.209. The van der Waals surface area contributed by atoms with Crippen LogP contribution in [0.1, 0.15) is 19.8 Å². The van der Waals surface area contributed by atoms with Crippen molar-refractivity contribution >= 4 is 0 Å². The van der Waals surface area contributed by atoms with Gasteiger partial charge in [-0.25, -0.2) is 0 Å². The number of hydrogen-bond donors (Lipinski definition) is 1. The van der Waals surface area contributed by atoms with Crippen molar-refractivity contribution in [1.29, 1.82) is 0 Å². The molecule has 0 aliphatic carbocycles. The van der Waals surface area contributed by atoms with Gasteiger partial charge >= 0.3 is 0 Å². The molecule has 0 aromatic carbocycles. The molecule has 1 N–H and O–H groups in total. The number of methoxy groups -OCH3 is 2. The smallest absolute Gasteiger partial charge is 0.185 e. The predicted molar refractivity (Wildman–Crippen MR) is 46.5 cm³/mol. The molecule has 12 heavy (non-hydrogen) atoms. The molecule has 3 heteroatoms. The van der Waals surface area contributed by atoms with E-state index in [0.29, 0.717) is 12.8 Å². The summed E-state index contributed by atoms with van der Waals surface area (Å²) in [6.07, 6.45) is 5.43. The molecule has 3 nitrogen and oxygen atoms in total. The molecule has 0 saturated heterocycles. The lowest BCUT2D eigenvalue weighted by atomic mass is 10.00. The van der Waals surface area contributed by atoms with Crippen molar-refractivity contribution in [2.45, 2.75) is 31.7 Å². The highest BCUT2D eigenvalue weighted by Crippen LogP contribution is 2.19. The minimum absolute atomic E-state index is 0.468. The van der Waals surface area contributed by atoms with Crippen molar-refractivity contribution in [3.8, 4) is 12.3 Å². The summed E-state index contributed by atoms with van der Waals surface area (Å²) in [6.45, 7) is 1.64. The van der Waals surface area contributed by atoms with Gasteiger partial charge in [0.15, 0.2) is 6.29 Å². The van der Waals surface area contributed by atoms with Gasteiger partial charge in [0.05, 0.1) is 0 Å². The van der Waals surface area contributed by atoms with Gasteiger partial charge in [-0.15, -0.1) is 12.3 Å². The third-order valence-corrected chi connectivity index (χ3v) is 1.71. The van der Waals surface area contributed by atoms with Gasteiger partial charge < -0.3 is 14.6 Å². The van der Waals surface area contributed by atoms with Gasteiger partial charge in [-0.1, -0.05) is 0 Å². The van der Waals surface area contributed by atoms with Crippen LogP contribution in [-0.4, -0.2) is 31.2 Å². The zero-order chi connectivity index (χ0) is 9.61. The Bertz CT molecular complexity index is 154. The van der Waals surface area contributed by atoms with Crippen molar-refractivity contribution in [1.82, 2.24) is 0 Å². The van der Waals surface area contributed by atoms with Crippen LogP contribution in [0, 0.1) is 12.3 Å². The van der Waals surface area contributed by atoms with E-state index in [0.717, 1.165) is 0 Å². The first-order chi connectivity index (χ1) is 5.58. The van der Waals surface area contributed by atoms with Gasteiger partial charge in [0.1, 0.15) is 5.60 Å². The van der Waals surface area contributed by atoms with Crippen LogP contribution in [0.5, 0.6) is 0 Å². The minimum Gasteiger partial charge on any atom is -0.385 e. The largest absolute Gasteiger partial charge is 0.385 e.